The fraction of sp³-hybridized carbons (Fsp3) is 0.269. The molecule has 1 aliphatic heterocycles. The van der Waals surface area contributed by atoms with Crippen molar-refractivity contribution in [1.29, 1.82) is 0 Å². The summed E-state index contributed by atoms with van der Waals surface area (Å²) in [6.07, 6.45) is 1.81. The van der Waals surface area contributed by atoms with E-state index in [-0.39, 0.29) is 11.6 Å². The molecule has 0 bridgehead atoms. The van der Waals surface area contributed by atoms with Crippen molar-refractivity contribution in [2.24, 2.45) is 0 Å². The zero-order valence-electron chi connectivity index (χ0n) is 19.1. The normalized spacial score (nSPS) is 14.6. The molecule has 0 saturated carbocycles. The van der Waals surface area contributed by atoms with Crippen molar-refractivity contribution < 1.29 is 13.6 Å². The van der Waals surface area contributed by atoms with E-state index in [1.165, 1.54) is 22.4 Å². The van der Waals surface area contributed by atoms with Crippen molar-refractivity contribution in [3.63, 3.8) is 0 Å². The van der Waals surface area contributed by atoms with Crippen LogP contribution in [0.5, 0.6) is 0 Å². The average molecular weight is 462 g/mol. The van der Waals surface area contributed by atoms with Crippen LogP contribution in [0, 0.1) is 25.5 Å². The molecule has 34 heavy (non-hydrogen) atoms. The molecule has 0 aliphatic carbocycles. The lowest BCUT2D eigenvalue weighted by Gasteiger charge is -2.35. The average Bonchev–Trinajstić information content (AvgIpc) is 3.13. The van der Waals surface area contributed by atoms with Crippen LogP contribution in [0.15, 0.2) is 54.7 Å². The second-order valence-corrected chi connectivity index (χ2v) is 8.61. The van der Waals surface area contributed by atoms with Gasteiger partial charge in [-0.3, -0.25) is 14.7 Å². The first-order valence-corrected chi connectivity index (χ1v) is 11.3. The Morgan fingerprint density at radius 1 is 1.00 bits per heavy atom. The first-order chi connectivity index (χ1) is 16.4. The summed E-state index contributed by atoms with van der Waals surface area (Å²) in [5.74, 6) is -1.49. The van der Waals surface area contributed by atoms with Crippen LogP contribution in [-0.2, 0) is 6.54 Å². The van der Waals surface area contributed by atoms with Crippen LogP contribution in [0.1, 0.15) is 27.3 Å². The Balaban J connectivity index is 1.30. The molecule has 4 aromatic rings. The van der Waals surface area contributed by atoms with Crippen molar-refractivity contribution in [2.45, 2.75) is 20.4 Å². The molecular weight excluding hydrogens is 436 g/mol. The molecule has 0 N–H and O–H groups in total. The summed E-state index contributed by atoms with van der Waals surface area (Å²) in [6, 6.07) is 13.5. The molecule has 1 fully saturated rings. The lowest BCUT2D eigenvalue weighted by atomic mass is 10.1. The summed E-state index contributed by atoms with van der Waals surface area (Å²) in [7, 11) is 0. The molecule has 0 atom stereocenters. The number of hydrogen-bond donors (Lipinski definition) is 0. The van der Waals surface area contributed by atoms with Crippen molar-refractivity contribution in [1.82, 2.24) is 24.6 Å². The van der Waals surface area contributed by atoms with Crippen LogP contribution >= 0.6 is 0 Å². The van der Waals surface area contributed by atoms with E-state index >= 15 is 0 Å². The van der Waals surface area contributed by atoms with Gasteiger partial charge >= 0.3 is 0 Å². The molecule has 174 valence electrons. The van der Waals surface area contributed by atoms with Crippen LogP contribution < -0.4 is 0 Å². The van der Waals surface area contributed by atoms with E-state index in [0.717, 1.165) is 36.6 Å². The van der Waals surface area contributed by atoms with Gasteiger partial charge in [0.25, 0.3) is 5.91 Å². The quantitative estimate of drug-likeness (QED) is 0.456. The van der Waals surface area contributed by atoms with Gasteiger partial charge in [-0.25, -0.2) is 13.5 Å². The summed E-state index contributed by atoms with van der Waals surface area (Å²) >= 11 is 0. The maximum absolute atomic E-state index is 14.3. The van der Waals surface area contributed by atoms with Gasteiger partial charge in [-0.15, -0.1) is 0 Å². The lowest BCUT2D eigenvalue weighted by Crippen LogP contribution is -2.48. The molecule has 0 spiro atoms. The monoisotopic (exact) mass is 461 g/mol. The number of piperazine rings is 1. The van der Waals surface area contributed by atoms with Crippen molar-refractivity contribution in [3.8, 4) is 5.69 Å². The van der Waals surface area contributed by atoms with Gasteiger partial charge in [0.15, 0.2) is 5.82 Å². The van der Waals surface area contributed by atoms with Gasteiger partial charge in [0.2, 0.25) is 0 Å². The number of fused-ring (bicyclic) bond motifs is 1. The SMILES string of the molecule is Cc1nn(-c2ccc(F)cc2F)c(C)c1C(=O)N1CCN(Cc2cccc3cccnc23)CC1. The Labute approximate surface area is 196 Å². The fourth-order valence-electron chi connectivity index (χ4n) is 4.64. The molecule has 2 aromatic heterocycles. The minimum Gasteiger partial charge on any atom is -0.336 e. The number of halogens is 2. The summed E-state index contributed by atoms with van der Waals surface area (Å²) < 4.78 is 29.0. The molecule has 1 saturated heterocycles. The van der Waals surface area contributed by atoms with E-state index in [1.807, 2.05) is 23.2 Å². The highest BCUT2D eigenvalue weighted by atomic mass is 19.1. The number of rotatable bonds is 4. The molecule has 2 aromatic carbocycles. The molecule has 8 heteroatoms. The molecule has 1 amide bonds. The summed E-state index contributed by atoms with van der Waals surface area (Å²) in [4.78, 5) is 22.0. The highest BCUT2D eigenvalue weighted by Crippen LogP contribution is 2.23. The first kappa shape index (κ1) is 22.2. The number of hydrogen-bond acceptors (Lipinski definition) is 4. The molecule has 3 heterocycles. The second kappa shape index (κ2) is 8.95. The van der Waals surface area contributed by atoms with Crippen molar-refractivity contribution in [2.75, 3.05) is 26.2 Å². The van der Waals surface area contributed by atoms with Crippen LogP contribution in [-0.4, -0.2) is 56.7 Å². The number of nitrogens with zero attached hydrogens (tertiary/aromatic N) is 5. The third kappa shape index (κ3) is 4.05. The molecule has 0 unspecified atom stereocenters. The maximum atomic E-state index is 14.3. The zero-order valence-corrected chi connectivity index (χ0v) is 19.1. The predicted molar refractivity (Wildman–Crippen MR) is 126 cm³/mol. The summed E-state index contributed by atoms with van der Waals surface area (Å²) in [6.45, 7) is 6.91. The van der Waals surface area contributed by atoms with E-state index in [4.69, 9.17) is 0 Å². The van der Waals surface area contributed by atoms with Crippen LogP contribution in [0.4, 0.5) is 8.78 Å². The van der Waals surface area contributed by atoms with E-state index < -0.39 is 11.6 Å². The van der Waals surface area contributed by atoms with Gasteiger partial charge in [-0.2, -0.15) is 5.10 Å². The fourth-order valence-corrected chi connectivity index (χ4v) is 4.64. The Hall–Kier alpha value is -3.65. The van der Waals surface area contributed by atoms with Crippen LogP contribution in [0.25, 0.3) is 16.6 Å². The Kier molecular flexibility index (Phi) is 5.83. The lowest BCUT2D eigenvalue weighted by molar-refractivity contribution is 0.0627. The standard InChI is InChI=1S/C26H25F2N5O/c1-17-24(18(2)33(30-17)23-9-8-21(27)15-22(23)28)26(34)32-13-11-31(12-14-32)16-20-6-3-5-19-7-4-10-29-25(19)20/h3-10,15H,11-14,16H2,1-2H3. The van der Waals surface area contributed by atoms with Crippen molar-refractivity contribution >= 4 is 16.8 Å². The molecule has 0 radical (unpaired) electrons. The largest absolute Gasteiger partial charge is 0.336 e. The van der Waals surface area contributed by atoms with Gasteiger partial charge in [-0.1, -0.05) is 24.3 Å². The number of para-hydroxylation sites is 1. The number of carbonyl (C=O) groups is 1. The minimum absolute atomic E-state index is 0.116. The second-order valence-electron chi connectivity index (χ2n) is 8.61. The van der Waals surface area contributed by atoms with E-state index in [9.17, 15) is 13.6 Å². The maximum Gasteiger partial charge on any atom is 0.257 e. The van der Waals surface area contributed by atoms with Gasteiger partial charge < -0.3 is 4.90 Å². The number of aromatic nitrogens is 3. The molecule has 5 rings (SSSR count). The topological polar surface area (TPSA) is 54.3 Å². The Morgan fingerprint density at radius 2 is 1.76 bits per heavy atom. The zero-order chi connectivity index (χ0) is 23.8. The van der Waals surface area contributed by atoms with Gasteiger partial charge in [0.1, 0.15) is 11.5 Å². The summed E-state index contributed by atoms with van der Waals surface area (Å²) in [5, 5.41) is 5.50. The summed E-state index contributed by atoms with van der Waals surface area (Å²) in [5.41, 5.74) is 3.83. The molecule has 1 aliphatic rings. The van der Waals surface area contributed by atoms with E-state index in [1.54, 1.807) is 13.8 Å². The number of benzene rings is 2. The number of pyridine rings is 1. The van der Waals surface area contributed by atoms with Crippen molar-refractivity contribution in [3.05, 3.63) is 88.9 Å². The van der Waals surface area contributed by atoms with Gasteiger partial charge in [0, 0.05) is 50.4 Å². The Morgan fingerprint density at radius 3 is 2.53 bits per heavy atom. The Bertz CT molecular complexity index is 1370. The highest BCUT2D eigenvalue weighted by molar-refractivity contribution is 5.96. The first-order valence-electron chi connectivity index (χ1n) is 11.3. The highest BCUT2D eigenvalue weighted by Gasteiger charge is 2.28. The molecule has 6 nitrogen and oxygen atoms in total. The van der Waals surface area contributed by atoms with E-state index in [2.05, 4.69) is 33.2 Å². The number of amides is 1. The molecular formula is C26H25F2N5O. The minimum atomic E-state index is -0.721. The predicted octanol–water partition coefficient (Wildman–Crippen LogP) is 4.27. The third-order valence-corrected chi connectivity index (χ3v) is 6.41. The smallest absolute Gasteiger partial charge is 0.257 e. The number of carbonyl (C=O) groups excluding carboxylic acids is 1. The van der Waals surface area contributed by atoms with Gasteiger partial charge in [0.05, 0.1) is 22.5 Å². The van der Waals surface area contributed by atoms with E-state index in [0.29, 0.717) is 30.0 Å². The van der Waals surface area contributed by atoms with Crippen LogP contribution in [0.2, 0.25) is 0 Å². The van der Waals surface area contributed by atoms with Crippen LogP contribution in [0.3, 0.4) is 0 Å². The number of aryl methyl sites for hydroxylation is 1. The third-order valence-electron chi connectivity index (χ3n) is 6.41. The van der Waals surface area contributed by atoms with Gasteiger partial charge in [-0.05, 0) is 37.6 Å².